The van der Waals surface area contributed by atoms with Crippen LogP contribution in [0.3, 0.4) is 0 Å². The maximum absolute atomic E-state index is 12.0. The normalized spacial score (nSPS) is 23.5. The van der Waals surface area contributed by atoms with Gasteiger partial charge in [0.25, 0.3) is 10.0 Å². The molecule has 0 aliphatic heterocycles. The molecule has 0 spiro atoms. The van der Waals surface area contributed by atoms with Crippen LogP contribution in [0, 0.1) is 25.7 Å². The van der Waals surface area contributed by atoms with E-state index in [0.717, 1.165) is 17.8 Å². The van der Waals surface area contributed by atoms with Crippen LogP contribution in [-0.4, -0.2) is 19.3 Å². The van der Waals surface area contributed by atoms with Crippen LogP contribution in [0.5, 0.6) is 0 Å². The fourth-order valence-electron chi connectivity index (χ4n) is 1.70. The van der Waals surface area contributed by atoms with Crippen molar-refractivity contribution in [3.63, 3.8) is 0 Å². The smallest absolute Gasteiger partial charge is 0.274 e. The van der Waals surface area contributed by atoms with Gasteiger partial charge < -0.3 is 0 Å². The van der Waals surface area contributed by atoms with Crippen LogP contribution in [0.15, 0.2) is 4.21 Å². The van der Waals surface area contributed by atoms with Gasteiger partial charge in [-0.15, -0.1) is 11.3 Å². The lowest BCUT2D eigenvalue weighted by atomic mass is 10.3. The SMILES string of the molecule is Cc1nc(C)c(S(=O)(=O)NC(=O)[C@H]2C[C@@H]2C)s1. The van der Waals surface area contributed by atoms with E-state index in [1.807, 2.05) is 6.92 Å². The summed E-state index contributed by atoms with van der Waals surface area (Å²) in [6.07, 6.45) is 0.766. The molecule has 1 amide bonds. The van der Waals surface area contributed by atoms with Gasteiger partial charge in [-0.1, -0.05) is 6.92 Å². The quantitative estimate of drug-likeness (QED) is 0.899. The van der Waals surface area contributed by atoms with Gasteiger partial charge in [0.1, 0.15) is 0 Å². The van der Waals surface area contributed by atoms with E-state index in [0.29, 0.717) is 10.7 Å². The molecule has 1 fully saturated rings. The number of aromatic nitrogens is 1. The molecule has 1 heterocycles. The minimum Gasteiger partial charge on any atom is -0.274 e. The lowest BCUT2D eigenvalue weighted by Gasteiger charge is -2.04. The van der Waals surface area contributed by atoms with Crippen molar-refractivity contribution in [3.8, 4) is 0 Å². The van der Waals surface area contributed by atoms with Gasteiger partial charge >= 0.3 is 0 Å². The summed E-state index contributed by atoms with van der Waals surface area (Å²) >= 11 is 1.08. The molecule has 7 heteroatoms. The Balaban J connectivity index is 2.19. The highest BCUT2D eigenvalue weighted by Crippen LogP contribution is 2.38. The van der Waals surface area contributed by atoms with Crippen LogP contribution in [0.25, 0.3) is 0 Å². The molecule has 1 aliphatic rings. The lowest BCUT2D eigenvalue weighted by Crippen LogP contribution is -2.32. The number of carbonyl (C=O) groups is 1. The van der Waals surface area contributed by atoms with E-state index in [1.165, 1.54) is 0 Å². The minimum atomic E-state index is -3.74. The molecule has 0 radical (unpaired) electrons. The zero-order valence-corrected chi connectivity index (χ0v) is 11.5. The van der Waals surface area contributed by atoms with Crippen molar-refractivity contribution in [3.05, 3.63) is 10.7 Å². The highest BCUT2D eigenvalue weighted by Gasteiger charge is 2.41. The third-order valence-electron chi connectivity index (χ3n) is 2.79. The zero-order chi connectivity index (χ0) is 12.8. The highest BCUT2D eigenvalue weighted by molar-refractivity contribution is 7.92. The summed E-state index contributed by atoms with van der Waals surface area (Å²) < 4.78 is 26.2. The highest BCUT2D eigenvalue weighted by atomic mass is 32.2. The number of aryl methyl sites for hydroxylation is 2. The van der Waals surface area contributed by atoms with Crippen LogP contribution in [-0.2, 0) is 14.8 Å². The molecule has 5 nitrogen and oxygen atoms in total. The van der Waals surface area contributed by atoms with E-state index in [9.17, 15) is 13.2 Å². The van der Waals surface area contributed by atoms with E-state index < -0.39 is 15.9 Å². The second-order valence-electron chi connectivity index (χ2n) is 4.39. The maximum atomic E-state index is 12.0. The number of hydrogen-bond donors (Lipinski definition) is 1. The first kappa shape index (κ1) is 12.5. The Labute approximate surface area is 104 Å². The molecule has 2 rings (SSSR count). The average Bonchev–Trinajstić information content (AvgIpc) is 2.81. The van der Waals surface area contributed by atoms with Crippen LogP contribution >= 0.6 is 11.3 Å². The number of hydrogen-bond acceptors (Lipinski definition) is 5. The molecule has 0 aromatic carbocycles. The lowest BCUT2D eigenvalue weighted by molar-refractivity contribution is -0.120. The summed E-state index contributed by atoms with van der Waals surface area (Å²) in [5, 5.41) is 0.676. The number of carbonyl (C=O) groups excluding carboxylic acids is 1. The van der Waals surface area contributed by atoms with E-state index >= 15 is 0 Å². The van der Waals surface area contributed by atoms with Gasteiger partial charge in [-0.2, -0.15) is 0 Å². The van der Waals surface area contributed by atoms with Gasteiger partial charge in [-0.05, 0) is 26.2 Å². The fourth-order valence-corrected chi connectivity index (χ4v) is 4.22. The predicted octanol–water partition coefficient (Wildman–Crippen LogP) is 1.22. The Morgan fingerprint density at radius 2 is 2.06 bits per heavy atom. The summed E-state index contributed by atoms with van der Waals surface area (Å²) in [4.78, 5) is 15.7. The Bertz CT molecular complexity index is 562. The molecular weight excluding hydrogens is 260 g/mol. The summed E-state index contributed by atoms with van der Waals surface area (Å²) in [6.45, 7) is 5.29. The Morgan fingerprint density at radius 1 is 1.47 bits per heavy atom. The first-order chi connectivity index (χ1) is 7.81. The first-order valence-corrected chi connectivity index (χ1v) is 7.62. The largest absolute Gasteiger partial charge is 0.275 e. The van der Waals surface area contributed by atoms with Crippen LogP contribution in [0.1, 0.15) is 24.0 Å². The van der Waals surface area contributed by atoms with Crippen LogP contribution in [0.4, 0.5) is 0 Å². The van der Waals surface area contributed by atoms with Gasteiger partial charge in [0.05, 0.1) is 10.7 Å². The summed E-state index contributed by atoms with van der Waals surface area (Å²) in [5.74, 6) is -0.267. The van der Waals surface area contributed by atoms with Gasteiger partial charge in [0.2, 0.25) is 5.91 Å². The van der Waals surface area contributed by atoms with Crippen molar-refractivity contribution in [2.24, 2.45) is 11.8 Å². The second kappa shape index (κ2) is 4.06. The number of nitrogens with one attached hydrogen (secondary N) is 1. The number of rotatable bonds is 3. The monoisotopic (exact) mass is 274 g/mol. The average molecular weight is 274 g/mol. The predicted molar refractivity (Wildman–Crippen MR) is 64.2 cm³/mol. The molecule has 1 aromatic rings. The molecule has 1 aliphatic carbocycles. The molecule has 1 saturated carbocycles. The molecule has 2 atom stereocenters. The summed E-state index contributed by atoms with van der Waals surface area (Å²) in [7, 11) is -3.74. The molecule has 1 N–H and O–H groups in total. The van der Waals surface area contributed by atoms with Crippen LogP contribution in [0.2, 0.25) is 0 Å². The van der Waals surface area contributed by atoms with Crippen molar-refractivity contribution in [2.75, 3.05) is 0 Å². The zero-order valence-electron chi connectivity index (χ0n) is 9.85. The number of nitrogens with zero attached hydrogens (tertiary/aromatic N) is 1. The van der Waals surface area contributed by atoms with Gasteiger partial charge in [0, 0.05) is 5.92 Å². The number of sulfonamides is 1. The molecule has 0 bridgehead atoms. The molecule has 1 aromatic heterocycles. The Hall–Kier alpha value is -0.950. The van der Waals surface area contributed by atoms with Gasteiger partial charge in [-0.25, -0.2) is 18.1 Å². The minimum absolute atomic E-state index is 0.136. The summed E-state index contributed by atoms with van der Waals surface area (Å²) in [5.41, 5.74) is 0.441. The van der Waals surface area contributed by atoms with Crippen molar-refractivity contribution in [1.82, 2.24) is 9.71 Å². The van der Waals surface area contributed by atoms with E-state index in [1.54, 1.807) is 13.8 Å². The molecule has 0 unspecified atom stereocenters. The maximum Gasteiger partial charge on any atom is 0.275 e. The van der Waals surface area contributed by atoms with Crippen molar-refractivity contribution < 1.29 is 13.2 Å². The van der Waals surface area contributed by atoms with E-state index in [4.69, 9.17) is 0 Å². The Morgan fingerprint density at radius 3 is 2.47 bits per heavy atom. The standard InChI is InChI=1S/C10H14N2O3S2/c1-5-4-8(5)9(13)12-17(14,15)10-6(2)11-7(3)16-10/h5,8H,4H2,1-3H3,(H,12,13)/t5-,8-/m0/s1. The third-order valence-corrected chi connectivity index (χ3v) is 5.82. The first-order valence-electron chi connectivity index (χ1n) is 5.32. The van der Waals surface area contributed by atoms with Crippen LogP contribution < -0.4 is 4.72 Å². The van der Waals surface area contributed by atoms with Crippen molar-refractivity contribution >= 4 is 27.3 Å². The molecule has 0 saturated heterocycles. The van der Waals surface area contributed by atoms with Gasteiger partial charge in [0.15, 0.2) is 4.21 Å². The van der Waals surface area contributed by atoms with Crippen molar-refractivity contribution in [1.29, 1.82) is 0 Å². The Kier molecular flexibility index (Phi) is 2.99. The van der Waals surface area contributed by atoms with Crippen molar-refractivity contribution in [2.45, 2.75) is 31.4 Å². The van der Waals surface area contributed by atoms with E-state index in [2.05, 4.69) is 9.71 Å². The van der Waals surface area contributed by atoms with E-state index in [-0.39, 0.29) is 16.0 Å². The fraction of sp³-hybridized carbons (Fsp3) is 0.600. The summed E-state index contributed by atoms with van der Waals surface area (Å²) in [6, 6.07) is 0. The molecular formula is C10H14N2O3S2. The topological polar surface area (TPSA) is 76.1 Å². The number of thiazole rings is 1. The second-order valence-corrected chi connectivity index (χ2v) is 7.48. The third kappa shape index (κ3) is 2.50. The molecule has 17 heavy (non-hydrogen) atoms. The molecule has 94 valence electrons. The van der Waals surface area contributed by atoms with Gasteiger partial charge in [-0.3, -0.25) is 4.79 Å². The number of amides is 1.